The van der Waals surface area contributed by atoms with Crippen LogP contribution in [0.2, 0.25) is 0 Å². The third kappa shape index (κ3) is 8.01. The summed E-state index contributed by atoms with van der Waals surface area (Å²) >= 11 is 0. The van der Waals surface area contributed by atoms with Crippen LogP contribution >= 0.6 is 0 Å². The van der Waals surface area contributed by atoms with Gasteiger partial charge in [0.1, 0.15) is 18.5 Å². The van der Waals surface area contributed by atoms with Crippen molar-refractivity contribution in [2.24, 2.45) is 5.92 Å². The van der Waals surface area contributed by atoms with Gasteiger partial charge in [0, 0.05) is 14.0 Å². The van der Waals surface area contributed by atoms with Crippen LogP contribution in [-0.2, 0) is 19.1 Å². The van der Waals surface area contributed by atoms with Crippen molar-refractivity contribution in [3.63, 3.8) is 0 Å². The van der Waals surface area contributed by atoms with Gasteiger partial charge in [-0.25, -0.2) is 0 Å². The Labute approximate surface area is 109 Å². The third-order valence-electron chi connectivity index (χ3n) is 2.81. The maximum absolute atomic E-state index is 11.0. The molecule has 4 heteroatoms. The van der Waals surface area contributed by atoms with Gasteiger partial charge in [0.25, 0.3) is 0 Å². The molecule has 0 rings (SSSR count). The number of aldehydes is 1. The van der Waals surface area contributed by atoms with Crippen molar-refractivity contribution in [2.75, 3.05) is 7.11 Å². The lowest BCUT2D eigenvalue weighted by atomic mass is 10.1. The Bertz CT molecular complexity index is 273. The molecule has 0 saturated heterocycles. The molecule has 0 aromatic rings. The molecule has 0 heterocycles. The SMILES string of the molecule is CCC(C)/C=C/C(CCC(C=O)OC)OC(C)=O. The predicted octanol–water partition coefficient (Wildman–Crippen LogP) is 2.51. The zero-order chi connectivity index (χ0) is 14.0. The Hall–Kier alpha value is -1.16. The summed E-state index contributed by atoms with van der Waals surface area (Å²) in [5.41, 5.74) is 0. The van der Waals surface area contributed by atoms with Gasteiger partial charge in [0.2, 0.25) is 0 Å². The van der Waals surface area contributed by atoms with E-state index in [4.69, 9.17) is 9.47 Å². The van der Waals surface area contributed by atoms with E-state index >= 15 is 0 Å². The first-order valence-electron chi connectivity index (χ1n) is 6.37. The topological polar surface area (TPSA) is 52.6 Å². The largest absolute Gasteiger partial charge is 0.458 e. The molecular weight excluding hydrogens is 232 g/mol. The molecular formula is C14H24O4. The van der Waals surface area contributed by atoms with Gasteiger partial charge in [-0.1, -0.05) is 26.3 Å². The van der Waals surface area contributed by atoms with Crippen molar-refractivity contribution in [1.29, 1.82) is 0 Å². The minimum atomic E-state index is -0.431. The summed E-state index contributed by atoms with van der Waals surface area (Å²) in [6.07, 6.45) is 6.16. The van der Waals surface area contributed by atoms with Gasteiger partial charge in [-0.3, -0.25) is 4.79 Å². The van der Waals surface area contributed by atoms with Crippen LogP contribution in [0.25, 0.3) is 0 Å². The van der Waals surface area contributed by atoms with Gasteiger partial charge >= 0.3 is 5.97 Å². The highest BCUT2D eigenvalue weighted by molar-refractivity contribution is 5.66. The Morgan fingerprint density at radius 2 is 1.83 bits per heavy atom. The quantitative estimate of drug-likeness (QED) is 0.361. The van der Waals surface area contributed by atoms with E-state index in [0.717, 1.165) is 12.7 Å². The number of methoxy groups -OCH3 is 1. The number of hydrogen-bond acceptors (Lipinski definition) is 4. The Morgan fingerprint density at radius 1 is 1.22 bits per heavy atom. The summed E-state index contributed by atoms with van der Waals surface area (Å²) in [6, 6.07) is 0. The molecule has 0 aromatic heterocycles. The predicted molar refractivity (Wildman–Crippen MR) is 70.2 cm³/mol. The normalized spacial score (nSPS) is 16.2. The second kappa shape index (κ2) is 9.83. The lowest BCUT2D eigenvalue weighted by Crippen LogP contribution is -2.19. The fourth-order valence-corrected chi connectivity index (χ4v) is 1.43. The van der Waals surface area contributed by atoms with Crippen molar-refractivity contribution >= 4 is 12.3 Å². The fraction of sp³-hybridized carbons (Fsp3) is 0.714. The van der Waals surface area contributed by atoms with Crippen LogP contribution in [0.4, 0.5) is 0 Å². The smallest absolute Gasteiger partial charge is 0.303 e. The maximum atomic E-state index is 11.0. The molecule has 3 unspecified atom stereocenters. The summed E-state index contributed by atoms with van der Waals surface area (Å²) in [7, 11) is 1.49. The minimum absolute atomic E-state index is 0.283. The molecule has 104 valence electrons. The lowest BCUT2D eigenvalue weighted by molar-refractivity contribution is -0.144. The summed E-state index contributed by atoms with van der Waals surface area (Å²) in [5.74, 6) is 0.140. The number of ether oxygens (including phenoxy) is 2. The van der Waals surface area contributed by atoms with E-state index in [1.807, 2.05) is 12.2 Å². The lowest BCUT2D eigenvalue weighted by Gasteiger charge is -2.15. The molecule has 18 heavy (non-hydrogen) atoms. The molecule has 0 fully saturated rings. The van der Waals surface area contributed by atoms with E-state index in [0.29, 0.717) is 18.8 Å². The molecule has 0 radical (unpaired) electrons. The van der Waals surface area contributed by atoms with Crippen LogP contribution in [0.15, 0.2) is 12.2 Å². The van der Waals surface area contributed by atoms with Crippen LogP contribution in [-0.4, -0.2) is 31.6 Å². The molecule has 0 aromatic carbocycles. The highest BCUT2D eigenvalue weighted by Crippen LogP contribution is 2.11. The van der Waals surface area contributed by atoms with Gasteiger partial charge in [0.05, 0.1) is 0 Å². The van der Waals surface area contributed by atoms with Crippen LogP contribution in [0.3, 0.4) is 0 Å². The molecule has 0 spiro atoms. The van der Waals surface area contributed by atoms with E-state index in [1.54, 1.807) is 0 Å². The first-order valence-corrected chi connectivity index (χ1v) is 6.37. The highest BCUT2D eigenvalue weighted by atomic mass is 16.5. The molecule has 0 N–H and O–H groups in total. The summed E-state index contributed by atoms with van der Waals surface area (Å²) in [6.45, 7) is 5.59. The van der Waals surface area contributed by atoms with E-state index in [1.165, 1.54) is 14.0 Å². The summed E-state index contributed by atoms with van der Waals surface area (Å²) in [5, 5.41) is 0. The Kier molecular flexibility index (Phi) is 9.19. The Morgan fingerprint density at radius 3 is 2.28 bits per heavy atom. The zero-order valence-electron chi connectivity index (χ0n) is 11.7. The molecule has 4 nitrogen and oxygen atoms in total. The number of allylic oxidation sites excluding steroid dienone is 1. The average molecular weight is 256 g/mol. The number of hydrogen-bond donors (Lipinski definition) is 0. The van der Waals surface area contributed by atoms with Crippen molar-refractivity contribution in [2.45, 2.75) is 52.2 Å². The van der Waals surface area contributed by atoms with E-state index in [9.17, 15) is 9.59 Å². The summed E-state index contributed by atoms with van der Waals surface area (Å²) in [4.78, 5) is 21.6. The number of rotatable bonds is 9. The first kappa shape index (κ1) is 16.8. The van der Waals surface area contributed by atoms with Gasteiger partial charge in [-0.05, 0) is 24.8 Å². The van der Waals surface area contributed by atoms with E-state index in [-0.39, 0.29) is 12.1 Å². The first-order chi connectivity index (χ1) is 8.53. The second-order valence-corrected chi connectivity index (χ2v) is 4.41. The molecule has 0 amide bonds. The maximum Gasteiger partial charge on any atom is 0.303 e. The highest BCUT2D eigenvalue weighted by Gasteiger charge is 2.13. The zero-order valence-corrected chi connectivity index (χ0v) is 11.7. The third-order valence-corrected chi connectivity index (χ3v) is 2.81. The minimum Gasteiger partial charge on any atom is -0.458 e. The molecule has 3 atom stereocenters. The van der Waals surface area contributed by atoms with Crippen molar-refractivity contribution < 1.29 is 19.1 Å². The number of carbonyl (C=O) groups excluding carboxylic acids is 2. The second-order valence-electron chi connectivity index (χ2n) is 4.41. The van der Waals surface area contributed by atoms with Crippen LogP contribution in [0.5, 0.6) is 0 Å². The summed E-state index contributed by atoms with van der Waals surface area (Å²) < 4.78 is 10.2. The Balaban J connectivity index is 4.34. The van der Waals surface area contributed by atoms with Gasteiger partial charge in [-0.2, -0.15) is 0 Å². The molecule has 0 saturated carbocycles. The fourth-order valence-electron chi connectivity index (χ4n) is 1.43. The van der Waals surface area contributed by atoms with Crippen LogP contribution < -0.4 is 0 Å². The number of esters is 1. The van der Waals surface area contributed by atoms with Gasteiger partial charge in [0.15, 0.2) is 0 Å². The van der Waals surface area contributed by atoms with E-state index < -0.39 is 6.10 Å². The van der Waals surface area contributed by atoms with E-state index in [2.05, 4.69) is 13.8 Å². The van der Waals surface area contributed by atoms with Crippen molar-refractivity contribution in [1.82, 2.24) is 0 Å². The van der Waals surface area contributed by atoms with Crippen molar-refractivity contribution in [3.8, 4) is 0 Å². The van der Waals surface area contributed by atoms with Crippen molar-refractivity contribution in [3.05, 3.63) is 12.2 Å². The monoisotopic (exact) mass is 256 g/mol. The van der Waals surface area contributed by atoms with Crippen LogP contribution in [0.1, 0.15) is 40.0 Å². The standard InChI is InChI=1S/C14H24O4/c1-5-11(2)6-7-13(18-12(3)16)8-9-14(10-15)17-4/h6-7,10-11,13-14H,5,8-9H2,1-4H3/b7-6+. The number of carbonyl (C=O) groups is 2. The average Bonchev–Trinajstić information content (AvgIpc) is 2.35. The molecule has 0 aliphatic rings. The van der Waals surface area contributed by atoms with Crippen LogP contribution in [0, 0.1) is 5.92 Å². The molecule has 0 bridgehead atoms. The van der Waals surface area contributed by atoms with Gasteiger partial charge in [-0.15, -0.1) is 0 Å². The molecule has 0 aliphatic carbocycles. The van der Waals surface area contributed by atoms with Gasteiger partial charge < -0.3 is 14.3 Å². The molecule has 0 aliphatic heterocycles.